The monoisotopic (exact) mass is 192 g/mol. The van der Waals surface area contributed by atoms with Gasteiger partial charge >= 0.3 is 0 Å². The van der Waals surface area contributed by atoms with E-state index in [1.165, 1.54) is 0 Å². The Kier molecular flexibility index (Phi) is 2.07. The third-order valence-corrected chi connectivity index (χ3v) is 2.26. The number of carbonyl (C=O) groups excluding carboxylic acids is 1. The summed E-state index contributed by atoms with van der Waals surface area (Å²) in [6.45, 7) is 0. The molecule has 14 heavy (non-hydrogen) atoms. The van der Waals surface area contributed by atoms with Crippen molar-refractivity contribution in [3.63, 3.8) is 0 Å². The van der Waals surface area contributed by atoms with Gasteiger partial charge in [0.05, 0.1) is 11.9 Å². The number of anilines is 1. The Balaban J connectivity index is 2.40. The first-order valence-electron chi connectivity index (χ1n) is 4.57. The second kappa shape index (κ2) is 3.25. The third-order valence-electron chi connectivity index (χ3n) is 2.26. The molecule has 1 amide bonds. The van der Waals surface area contributed by atoms with Crippen LogP contribution in [0, 0.1) is 0 Å². The van der Waals surface area contributed by atoms with Crippen molar-refractivity contribution in [1.29, 1.82) is 0 Å². The lowest BCUT2D eigenvalue weighted by molar-refractivity contribution is 0.0996. The van der Waals surface area contributed by atoms with Crippen LogP contribution in [0.5, 0.6) is 0 Å². The molecule has 2 rings (SSSR count). The van der Waals surface area contributed by atoms with E-state index in [1.54, 1.807) is 13.2 Å². The highest BCUT2D eigenvalue weighted by Crippen LogP contribution is 2.38. The van der Waals surface area contributed by atoms with E-state index in [0.717, 1.165) is 18.5 Å². The van der Waals surface area contributed by atoms with Crippen molar-refractivity contribution in [2.24, 2.45) is 5.73 Å². The molecule has 0 bridgehead atoms. The number of hydrogen-bond acceptors (Lipinski definition) is 4. The van der Waals surface area contributed by atoms with Crippen LogP contribution in [0.4, 0.5) is 5.82 Å². The van der Waals surface area contributed by atoms with Crippen molar-refractivity contribution in [2.45, 2.75) is 18.8 Å². The number of nitrogens with two attached hydrogens (primary N) is 1. The fourth-order valence-electron chi connectivity index (χ4n) is 1.33. The van der Waals surface area contributed by atoms with Gasteiger partial charge < -0.3 is 11.1 Å². The predicted octanol–water partition coefficient (Wildman–Crippen LogP) is 0.495. The van der Waals surface area contributed by atoms with E-state index in [1.807, 2.05) is 0 Å². The first-order chi connectivity index (χ1) is 6.72. The van der Waals surface area contributed by atoms with E-state index in [-0.39, 0.29) is 5.69 Å². The first kappa shape index (κ1) is 8.93. The second-order valence-corrected chi connectivity index (χ2v) is 3.38. The molecule has 1 heterocycles. The van der Waals surface area contributed by atoms with E-state index in [9.17, 15) is 4.79 Å². The minimum atomic E-state index is -0.538. The van der Waals surface area contributed by atoms with Crippen LogP contribution < -0.4 is 11.1 Å². The summed E-state index contributed by atoms with van der Waals surface area (Å²) in [5.41, 5.74) is 6.30. The molecular formula is C9H12N4O. The predicted molar refractivity (Wildman–Crippen MR) is 52.1 cm³/mol. The fourth-order valence-corrected chi connectivity index (χ4v) is 1.33. The summed E-state index contributed by atoms with van der Waals surface area (Å²) in [6.07, 6.45) is 3.97. The molecule has 1 aromatic rings. The van der Waals surface area contributed by atoms with Gasteiger partial charge in [-0.25, -0.2) is 9.97 Å². The summed E-state index contributed by atoms with van der Waals surface area (Å²) in [4.78, 5) is 19.4. The smallest absolute Gasteiger partial charge is 0.271 e. The van der Waals surface area contributed by atoms with Gasteiger partial charge in [-0.05, 0) is 12.8 Å². The Hall–Kier alpha value is -1.65. The summed E-state index contributed by atoms with van der Waals surface area (Å²) in [7, 11) is 1.69. The molecule has 0 atom stereocenters. The molecule has 5 nitrogen and oxygen atoms in total. The summed E-state index contributed by atoms with van der Waals surface area (Å²) in [6, 6.07) is 0. The first-order valence-corrected chi connectivity index (χ1v) is 4.57. The molecule has 1 aromatic heterocycles. The molecule has 0 saturated heterocycles. The molecule has 1 aliphatic carbocycles. The summed E-state index contributed by atoms with van der Waals surface area (Å²) >= 11 is 0. The third kappa shape index (κ3) is 1.53. The number of rotatable bonds is 3. The highest BCUT2D eigenvalue weighted by Gasteiger charge is 2.26. The zero-order chi connectivity index (χ0) is 10.1. The van der Waals surface area contributed by atoms with Crippen molar-refractivity contribution in [3.8, 4) is 0 Å². The maximum atomic E-state index is 11.1. The van der Waals surface area contributed by atoms with Gasteiger partial charge in [-0.15, -0.1) is 0 Å². The molecule has 5 heteroatoms. The van der Waals surface area contributed by atoms with Gasteiger partial charge in [0.1, 0.15) is 0 Å². The lowest BCUT2D eigenvalue weighted by Gasteiger charge is -2.05. The zero-order valence-corrected chi connectivity index (χ0v) is 7.95. The van der Waals surface area contributed by atoms with Crippen LogP contribution in [0.2, 0.25) is 0 Å². The second-order valence-electron chi connectivity index (χ2n) is 3.38. The summed E-state index contributed by atoms with van der Waals surface area (Å²) in [5, 5.41) is 2.79. The van der Waals surface area contributed by atoms with E-state index < -0.39 is 5.91 Å². The Morgan fingerprint density at radius 3 is 2.86 bits per heavy atom. The molecule has 0 aromatic carbocycles. The van der Waals surface area contributed by atoms with Crippen molar-refractivity contribution in [1.82, 2.24) is 9.97 Å². The number of nitrogens with one attached hydrogen (secondary N) is 1. The topological polar surface area (TPSA) is 80.9 Å². The van der Waals surface area contributed by atoms with Crippen LogP contribution in [-0.2, 0) is 0 Å². The summed E-state index contributed by atoms with van der Waals surface area (Å²) < 4.78 is 0. The van der Waals surface area contributed by atoms with E-state index in [2.05, 4.69) is 15.3 Å². The van der Waals surface area contributed by atoms with Gasteiger partial charge in [0.25, 0.3) is 5.91 Å². The molecular weight excluding hydrogens is 180 g/mol. The standard InChI is InChI=1S/C9H12N4O/c1-11-9-7(8(10)14)13-6(4-12-9)5-2-3-5/h4-5H,2-3H2,1H3,(H2,10,14)(H,11,12). The van der Waals surface area contributed by atoms with Crippen molar-refractivity contribution >= 4 is 11.7 Å². The normalized spacial score (nSPS) is 15.2. The van der Waals surface area contributed by atoms with E-state index >= 15 is 0 Å². The SMILES string of the molecule is CNc1ncc(C2CC2)nc1C(N)=O. The van der Waals surface area contributed by atoms with Crippen molar-refractivity contribution < 1.29 is 4.79 Å². The average molecular weight is 192 g/mol. The number of amides is 1. The van der Waals surface area contributed by atoms with Crippen LogP contribution in [0.3, 0.4) is 0 Å². The lowest BCUT2D eigenvalue weighted by Crippen LogP contribution is -2.17. The number of nitrogens with zero attached hydrogens (tertiary/aromatic N) is 2. The molecule has 3 N–H and O–H groups in total. The average Bonchev–Trinajstić information content (AvgIpc) is 3.00. The Labute approximate surface area is 81.7 Å². The molecule has 0 aliphatic heterocycles. The largest absolute Gasteiger partial charge is 0.371 e. The van der Waals surface area contributed by atoms with Crippen molar-refractivity contribution in [2.75, 3.05) is 12.4 Å². The van der Waals surface area contributed by atoms with Gasteiger partial charge in [-0.1, -0.05) is 0 Å². The molecule has 1 saturated carbocycles. The maximum Gasteiger partial charge on any atom is 0.271 e. The molecule has 1 fully saturated rings. The van der Waals surface area contributed by atoms with Gasteiger partial charge in [-0.3, -0.25) is 4.79 Å². The Bertz CT molecular complexity index is 373. The Morgan fingerprint density at radius 1 is 1.64 bits per heavy atom. The number of carbonyl (C=O) groups is 1. The quantitative estimate of drug-likeness (QED) is 0.730. The van der Waals surface area contributed by atoms with Gasteiger partial charge in [0, 0.05) is 13.0 Å². The lowest BCUT2D eigenvalue weighted by atomic mass is 10.3. The summed E-state index contributed by atoms with van der Waals surface area (Å²) in [5.74, 6) is 0.387. The zero-order valence-electron chi connectivity index (χ0n) is 7.95. The van der Waals surface area contributed by atoms with Crippen LogP contribution in [-0.4, -0.2) is 22.9 Å². The van der Waals surface area contributed by atoms with Gasteiger partial charge in [-0.2, -0.15) is 0 Å². The molecule has 0 unspecified atom stereocenters. The number of hydrogen-bond donors (Lipinski definition) is 2. The minimum Gasteiger partial charge on any atom is -0.371 e. The van der Waals surface area contributed by atoms with Gasteiger partial charge in [0.15, 0.2) is 11.5 Å². The highest BCUT2D eigenvalue weighted by atomic mass is 16.1. The molecule has 74 valence electrons. The van der Waals surface area contributed by atoms with E-state index in [0.29, 0.717) is 11.7 Å². The minimum absolute atomic E-state index is 0.233. The number of aromatic nitrogens is 2. The van der Waals surface area contributed by atoms with Gasteiger partial charge in [0.2, 0.25) is 0 Å². The van der Waals surface area contributed by atoms with Crippen molar-refractivity contribution in [3.05, 3.63) is 17.6 Å². The van der Waals surface area contributed by atoms with E-state index in [4.69, 9.17) is 5.73 Å². The Morgan fingerprint density at radius 2 is 2.36 bits per heavy atom. The van der Waals surface area contributed by atoms with Crippen LogP contribution >= 0.6 is 0 Å². The molecule has 1 aliphatic rings. The molecule has 0 spiro atoms. The maximum absolute atomic E-state index is 11.1. The highest BCUT2D eigenvalue weighted by molar-refractivity contribution is 5.95. The van der Waals surface area contributed by atoms with Crippen LogP contribution in [0.25, 0.3) is 0 Å². The van der Waals surface area contributed by atoms with Crippen LogP contribution in [0.1, 0.15) is 34.9 Å². The molecule has 0 radical (unpaired) electrons. The fraction of sp³-hybridized carbons (Fsp3) is 0.444. The van der Waals surface area contributed by atoms with Crippen LogP contribution in [0.15, 0.2) is 6.20 Å². The number of primary amides is 1.